The lowest BCUT2D eigenvalue weighted by Gasteiger charge is -2.45. The van der Waals surface area contributed by atoms with Crippen molar-refractivity contribution in [1.82, 2.24) is 5.32 Å². The second kappa shape index (κ2) is 8.18. The van der Waals surface area contributed by atoms with Gasteiger partial charge in [0.05, 0.1) is 0 Å². The molecule has 1 aromatic rings. The van der Waals surface area contributed by atoms with Crippen LogP contribution < -0.4 is 5.32 Å². The molecule has 0 aliphatic carbocycles. The molecule has 4 heteroatoms. The molecular weight excluding hydrogens is 374 g/mol. The van der Waals surface area contributed by atoms with E-state index in [1.807, 2.05) is 0 Å². The Morgan fingerprint density at radius 1 is 1.03 bits per heavy atom. The highest BCUT2D eigenvalue weighted by Gasteiger charge is 2.39. The van der Waals surface area contributed by atoms with E-state index in [9.17, 15) is 9.90 Å². The molecule has 0 radical (unpaired) electrons. The van der Waals surface area contributed by atoms with Crippen LogP contribution >= 0.6 is 0 Å². The highest BCUT2D eigenvalue weighted by atomic mass is 16.5. The first kappa shape index (κ1) is 24.7. The number of phenolic OH excluding ortho intramolecular Hbond substituents is 1. The predicted octanol–water partition coefficient (Wildman–Crippen LogP) is 5.77. The molecule has 1 heterocycles. The molecule has 1 aliphatic heterocycles. The minimum atomic E-state index is -0.189. The first-order valence-electron chi connectivity index (χ1n) is 11.3. The first-order chi connectivity index (χ1) is 13.4. The van der Waals surface area contributed by atoms with Crippen molar-refractivity contribution in [2.45, 2.75) is 123 Å². The second-order valence-electron chi connectivity index (χ2n) is 12.4. The maximum absolute atomic E-state index is 12.7. The number of phenols is 1. The van der Waals surface area contributed by atoms with Crippen molar-refractivity contribution < 1.29 is 14.6 Å². The molecule has 1 fully saturated rings. The van der Waals surface area contributed by atoms with Gasteiger partial charge in [-0.2, -0.15) is 0 Å². The molecule has 1 saturated heterocycles. The summed E-state index contributed by atoms with van der Waals surface area (Å²) in [5.74, 6) is 0.124. The van der Waals surface area contributed by atoms with Crippen molar-refractivity contribution in [3.05, 3.63) is 28.8 Å². The Balaban J connectivity index is 2.16. The van der Waals surface area contributed by atoms with Gasteiger partial charge in [0.25, 0.3) is 0 Å². The lowest BCUT2D eigenvalue weighted by atomic mass is 9.78. The summed E-state index contributed by atoms with van der Waals surface area (Å²) in [6, 6.07) is 4.16. The highest BCUT2D eigenvalue weighted by molar-refractivity contribution is 5.70. The predicted molar refractivity (Wildman–Crippen MR) is 124 cm³/mol. The number of rotatable bonds is 4. The van der Waals surface area contributed by atoms with Crippen LogP contribution in [0.5, 0.6) is 5.75 Å². The Bertz CT molecular complexity index is 763. The van der Waals surface area contributed by atoms with Gasteiger partial charge in [-0.25, -0.2) is 0 Å². The summed E-state index contributed by atoms with van der Waals surface area (Å²) in [6.45, 7) is 21.4. The van der Waals surface area contributed by atoms with Crippen LogP contribution in [0.4, 0.5) is 0 Å². The van der Waals surface area contributed by atoms with Crippen molar-refractivity contribution in [3.8, 4) is 5.75 Å². The van der Waals surface area contributed by atoms with Gasteiger partial charge in [-0.05, 0) is 61.6 Å². The molecule has 2 N–H and O–H groups in total. The standard InChI is InChI=1S/C26H43NO3/c1-23(2,3)18-13-17(22(29)20(14-18)24(4,5)6)11-12-21(28)30-19-15-25(7,8)27-26(9,10)16-19/h13-14,19,27,29H,11-12,15-16H2,1-10H3. The van der Waals surface area contributed by atoms with Crippen LogP contribution in [0.1, 0.15) is 105 Å². The third-order valence-electron chi connectivity index (χ3n) is 5.91. The second-order valence-corrected chi connectivity index (χ2v) is 12.4. The van der Waals surface area contributed by atoms with Gasteiger partial charge in [0.15, 0.2) is 0 Å². The van der Waals surface area contributed by atoms with E-state index in [0.29, 0.717) is 12.2 Å². The molecule has 1 aromatic carbocycles. The van der Waals surface area contributed by atoms with E-state index in [1.54, 1.807) is 0 Å². The summed E-state index contributed by atoms with van der Waals surface area (Å²) in [6.07, 6.45) is 2.29. The Kier molecular flexibility index (Phi) is 6.74. The van der Waals surface area contributed by atoms with E-state index in [4.69, 9.17) is 4.74 Å². The molecule has 0 amide bonds. The number of hydrogen-bond donors (Lipinski definition) is 2. The largest absolute Gasteiger partial charge is 0.507 e. The van der Waals surface area contributed by atoms with Crippen LogP contribution in [0.2, 0.25) is 0 Å². The van der Waals surface area contributed by atoms with Crippen LogP contribution in [-0.4, -0.2) is 28.3 Å². The minimum Gasteiger partial charge on any atom is -0.507 e. The number of hydrogen-bond acceptors (Lipinski definition) is 4. The summed E-state index contributed by atoms with van der Waals surface area (Å²) in [4.78, 5) is 12.7. The van der Waals surface area contributed by atoms with Gasteiger partial charge in [0, 0.05) is 30.3 Å². The van der Waals surface area contributed by atoms with Gasteiger partial charge in [0.1, 0.15) is 11.9 Å². The van der Waals surface area contributed by atoms with Gasteiger partial charge in [-0.15, -0.1) is 0 Å². The van der Waals surface area contributed by atoms with Crippen LogP contribution in [0.3, 0.4) is 0 Å². The minimum absolute atomic E-state index is 0.0325. The fraction of sp³-hybridized carbons (Fsp3) is 0.731. The lowest BCUT2D eigenvalue weighted by molar-refractivity contribution is -0.153. The lowest BCUT2D eigenvalue weighted by Crippen LogP contribution is -2.59. The molecule has 170 valence electrons. The average molecular weight is 418 g/mol. The molecule has 0 bridgehead atoms. The Hall–Kier alpha value is -1.55. The van der Waals surface area contributed by atoms with Gasteiger partial charge < -0.3 is 15.2 Å². The number of aromatic hydroxyl groups is 1. The number of benzene rings is 1. The molecule has 30 heavy (non-hydrogen) atoms. The van der Waals surface area contributed by atoms with E-state index in [0.717, 1.165) is 24.0 Å². The van der Waals surface area contributed by atoms with Gasteiger partial charge in [-0.1, -0.05) is 53.7 Å². The number of nitrogens with one attached hydrogen (secondary N) is 1. The highest BCUT2D eigenvalue weighted by Crippen LogP contribution is 2.38. The molecule has 0 spiro atoms. The monoisotopic (exact) mass is 417 g/mol. The van der Waals surface area contributed by atoms with Crippen molar-refractivity contribution >= 4 is 5.97 Å². The SMILES string of the molecule is CC1(C)CC(OC(=O)CCc2cc(C(C)(C)C)cc(C(C)(C)C)c2O)CC(C)(C)N1. The van der Waals surface area contributed by atoms with Crippen molar-refractivity contribution in [2.24, 2.45) is 0 Å². The summed E-state index contributed by atoms with van der Waals surface area (Å²) in [5.41, 5.74) is 2.61. The maximum atomic E-state index is 12.7. The number of ether oxygens (including phenoxy) is 1. The van der Waals surface area contributed by atoms with Gasteiger partial charge >= 0.3 is 5.97 Å². The third-order valence-corrected chi connectivity index (χ3v) is 5.91. The molecular formula is C26H43NO3. The maximum Gasteiger partial charge on any atom is 0.306 e. The molecule has 0 atom stereocenters. The van der Waals surface area contributed by atoms with Crippen LogP contribution in [-0.2, 0) is 26.8 Å². The van der Waals surface area contributed by atoms with Gasteiger partial charge in [0.2, 0.25) is 0 Å². The van der Waals surface area contributed by atoms with E-state index in [1.165, 1.54) is 5.56 Å². The first-order valence-corrected chi connectivity index (χ1v) is 11.3. The Morgan fingerprint density at radius 2 is 1.57 bits per heavy atom. The Morgan fingerprint density at radius 3 is 2.03 bits per heavy atom. The normalized spacial score (nSPS) is 19.5. The smallest absolute Gasteiger partial charge is 0.306 e. The number of piperidine rings is 1. The summed E-state index contributed by atoms with van der Waals surface area (Å²) >= 11 is 0. The summed E-state index contributed by atoms with van der Waals surface area (Å²) in [7, 11) is 0. The molecule has 0 unspecified atom stereocenters. The summed E-state index contributed by atoms with van der Waals surface area (Å²) < 4.78 is 5.86. The van der Waals surface area contributed by atoms with E-state index < -0.39 is 0 Å². The van der Waals surface area contributed by atoms with E-state index in [-0.39, 0.29) is 40.4 Å². The fourth-order valence-corrected chi connectivity index (χ4v) is 4.68. The Labute approximate surface area is 183 Å². The van der Waals surface area contributed by atoms with Gasteiger partial charge in [-0.3, -0.25) is 4.79 Å². The molecule has 2 rings (SSSR count). The number of aryl methyl sites for hydroxylation is 1. The number of carbonyl (C=O) groups is 1. The van der Waals surface area contributed by atoms with E-state index >= 15 is 0 Å². The quantitative estimate of drug-likeness (QED) is 0.610. The van der Waals surface area contributed by atoms with Crippen LogP contribution in [0, 0.1) is 0 Å². The van der Waals surface area contributed by atoms with Crippen molar-refractivity contribution in [1.29, 1.82) is 0 Å². The molecule has 0 aromatic heterocycles. The zero-order valence-corrected chi connectivity index (χ0v) is 20.8. The average Bonchev–Trinajstić information content (AvgIpc) is 2.48. The van der Waals surface area contributed by atoms with E-state index in [2.05, 4.69) is 86.7 Å². The van der Waals surface area contributed by atoms with Crippen LogP contribution in [0.15, 0.2) is 12.1 Å². The molecule has 4 nitrogen and oxygen atoms in total. The molecule has 1 aliphatic rings. The zero-order valence-electron chi connectivity index (χ0n) is 20.8. The summed E-state index contributed by atoms with van der Waals surface area (Å²) in [5, 5.41) is 14.5. The molecule has 0 saturated carbocycles. The van der Waals surface area contributed by atoms with Crippen molar-refractivity contribution in [2.75, 3.05) is 0 Å². The number of esters is 1. The van der Waals surface area contributed by atoms with Crippen molar-refractivity contribution in [3.63, 3.8) is 0 Å². The topological polar surface area (TPSA) is 58.6 Å². The third kappa shape index (κ3) is 6.47. The van der Waals surface area contributed by atoms with Crippen LogP contribution in [0.25, 0.3) is 0 Å². The number of carbonyl (C=O) groups excluding carboxylic acids is 1. The fourth-order valence-electron chi connectivity index (χ4n) is 4.68. The zero-order chi connectivity index (χ0) is 23.1.